The molecule has 6 heteroatoms. The Bertz CT molecular complexity index is 695. The molecule has 1 aromatic carbocycles. The molecule has 2 aromatic rings. The van der Waals surface area contributed by atoms with E-state index in [2.05, 4.69) is 16.0 Å². The third-order valence-corrected chi connectivity index (χ3v) is 5.42. The van der Waals surface area contributed by atoms with Gasteiger partial charge in [-0.15, -0.1) is 11.3 Å². The molecule has 3 amide bonds. The summed E-state index contributed by atoms with van der Waals surface area (Å²) in [4.78, 5) is 26.1. The van der Waals surface area contributed by atoms with E-state index >= 15 is 0 Å². The highest BCUT2D eigenvalue weighted by Gasteiger charge is 2.42. The average Bonchev–Trinajstić information content (AvgIpc) is 3.31. The van der Waals surface area contributed by atoms with Gasteiger partial charge >= 0.3 is 6.03 Å². The zero-order chi connectivity index (χ0) is 17.5. The maximum atomic E-state index is 12.7. The molecule has 3 rings (SSSR count). The molecule has 1 aliphatic rings. The molecule has 0 aliphatic heterocycles. The van der Waals surface area contributed by atoms with Crippen molar-refractivity contribution in [3.8, 4) is 0 Å². The Labute approximate surface area is 151 Å². The lowest BCUT2D eigenvalue weighted by atomic mass is 9.96. The van der Waals surface area contributed by atoms with Gasteiger partial charge in [0.25, 0.3) is 0 Å². The average molecular weight is 357 g/mol. The fourth-order valence-corrected chi connectivity index (χ4v) is 3.82. The van der Waals surface area contributed by atoms with E-state index in [0.29, 0.717) is 25.9 Å². The lowest BCUT2D eigenvalue weighted by Gasteiger charge is -2.29. The van der Waals surface area contributed by atoms with Crippen molar-refractivity contribution in [3.63, 3.8) is 0 Å². The Balaban J connectivity index is 1.55. The van der Waals surface area contributed by atoms with Gasteiger partial charge in [0, 0.05) is 11.4 Å². The quantitative estimate of drug-likeness (QED) is 0.743. The van der Waals surface area contributed by atoms with E-state index in [1.54, 1.807) is 11.3 Å². The first-order valence-corrected chi connectivity index (χ1v) is 9.47. The molecule has 1 saturated carbocycles. The zero-order valence-electron chi connectivity index (χ0n) is 14.1. The second-order valence-corrected chi connectivity index (χ2v) is 7.38. The number of carbonyl (C=O) groups is 2. The van der Waals surface area contributed by atoms with Crippen molar-refractivity contribution in [2.45, 2.75) is 44.3 Å². The van der Waals surface area contributed by atoms with Crippen LogP contribution >= 0.6 is 11.3 Å². The number of carbonyl (C=O) groups excluding carboxylic acids is 2. The number of rotatable bonds is 6. The van der Waals surface area contributed by atoms with Crippen LogP contribution in [0.2, 0.25) is 0 Å². The Hall–Kier alpha value is -2.34. The maximum Gasteiger partial charge on any atom is 0.315 e. The molecule has 0 unspecified atom stereocenters. The molecule has 0 spiro atoms. The summed E-state index contributed by atoms with van der Waals surface area (Å²) < 4.78 is 0. The Morgan fingerprint density at radius 3 is 2.40 bits per heavy atom. The van der Waals surface area contributed by atoms with Crippen LogP contribution in [0.4, 0.5) is 4.79 Å². The summed E-state index contributed by atoms with van der Waals surface area (Å²) in [7, 11) is 0. The lowest BCUT2D eigenvalue weighted by molar-refractivity contribution is -0.127. The third kappa shape index (κ3) is 4.60. The Morgan fingerprint density at radius 2 is 1.72 bits per heavy atom. The van der Waals surface area contributed by atoms with E-state index in [1.165, 1.54) is 0 Å². The topological polar surface area (TPSA) is 70.2 Å². The SMILES string of the molecule is O=C(NCc1ccccc1)NC1(C(=O)NCc2cccs2)CCCC1. The molecule has 1 fully saturated rings. The van der Waals surface area contributed by atoms with Crippen molar-refractivity contribution in [3.05, 3.63) is 58.3 Å². The molecule has 0 saturated heterocycles. The van der Waals surface area contributed by atoms with Gasteiger partial charge in [0.1, 0.15) is 5.54 Å². The summed E-state index contributed by atoms with van der Waals surface area (Å²) in [6.07, 6.45) is 3.26. The summed E-state index contributed by atoms with van der Waals surface area (Å²) in [5.41, 5.74) is 0.234. The lowest BCUT2D eigenvalue weighted by Crippen LogP contribution is -2.59. The van der Waals surface area contributed by atoms with Crippen molar-refractivity contribution in [1.82, 2.24) is 16.0 Å². The number of urea groups is 1. The summed E-state index contributed by atoms with van der Waals surface area (Å²) in [5.74, 6) is -0.0896. The zero-order valence-corrected chi connectivity index (χ0v) is 14.9. The monoisotopic (exact) mass is 357 g/mol. The van der Waals surface area contributed by atoms with Gasteiger partial charge in [-0.05, 0) is 29.9 Å². The molecular formula is C19H23N3O2S. The smallest absolute Gasteiger partial charge is 0.315 e. The van der Waals surface area contributed by atoms with Crippen LogP contribution in [0.1, 0.15) is 36.1 Å². The number of amides is 3. The second kappa shape index (κ2) is 8.16. The van der Waals surface area contributed by atoms with Gasteiger partial charge in [0.05, 0.1) is 6.54 Å². The molecular weight excluding hydrogens is 334 g/mol. The van der Waals surface area contributed by atoms with Crippen molar-refractivity contribution >= 4 is 23.3 Å². The number of hydrogen-bond donors (Lipinski definition) is 3. The highest BCUT2D eigenvalue weighted by atomic mass is 32.1. The number of thiophene rings is 1. The third-order valence-electron chi connectivity index (χ3n) is 4.54. The van der Waals surface area contributed by atoms with Crippen LogP contribution in [0.15, 0.2) is 47.8 Å². The maximum absolute atomic E-state index is 12.7. The fourth-order valence-electron chi connectivity index (χ4n) is 3.18. The number of nitrogens with one attached hydrogen (secondary N) is 3. The van der Waals surface area contributed by atoms with Gasteiger partial charge in [-0.1, -0.05) is 49.2 Å². The van der Waals surface area contributed by atoms with Crippen molar-refractivity contribution in [1.29, 1.82) is 0 Å². The van der Waals surface area contributed by atoms with E-state index in [0.717, 1.165) is 23.3 Å². The predicted octanol–water partition coefficient (Wildman–Crippen LogP) is 3.18. The first kappa shape index (κ1) is 17.5. The van der Waals surface area contributed by atoms with Crippen molar-refractivity contribution in [2.24, 2.45) is 0 Å². The molecule has 132 valence electrons. The van der Waals surface area contributed by atoms with E-state index in [-0.39, 0.29) is 11.9 Å². The van der Waals surface area contributed by atoms with Crippen LogP contribution in [0.3, 0.4) is 0 Å². The molecule has 0 radical (unpaired) electrons. The van der Waals surface area contributed by atoms with Crippen LogP contribution in [-0.2, 0) is 17.9 Å². The van der Waals surface area contributed by atoms with Crippen LogP contribution < -0.4 is 16.0 Å². The minimum absolute atomic E-state index is 0.0896. The largest absolute Gasteiger partial charge is 0.349 e. The minimum Gasteiger partial charge on any atom is -0.349 e. The Kier molecular flexibility index (Phi) is 5.71. The normalized spacial score (nSPS) is 15.5. The van der Waals surface area contributed by atoms with Gasteiger partial charge in [0.2, 0.25) is 5.91 Å². The van der Waals surface area contributed by atoms with E-state index in [9.17, 15) is 9.59 Å². The fraction of sp³-hybridized carbons (Fsp3) is 0.368. The molecule has 1 aromatic heterocycles. The van der Waals surface area contributed by atoms with Gasteiger partial charge in [-0.2, -0.15) is 0 Å². The van der Waals surface area contributed by atoms with E-state index in [4.69, 9.17) is 0 Å². The first-order chi connectivity index (χ1) is 12.2. The minimum atomic E-state index is -0.794. The number of benzene rings is 1. The Morgan fingerprint density at radius 1 is 0.960 bits per heavy atom. The predicted molar refractivity (Wildman–Crippen MR) is 99.2 cm³/mol. The second-order valence-electron chi connectivity index (χ2n) is 6.34. The summed E-state index contributed by atoms with van der Waals surface area (Å²) in [6, 6.07) is 13.4. The van der Waals surface area contributed by atoms with Crippen LogP contribution in [0, 0.1) is 0 Å². The molecule has 1 heterocycles. The van der Waals surface area contributed by atoms with Crippen LogP contribution in [0.25, 0.3) is 0 Å². The molecule has 5 nitrogen and oxygen atoms in total. The highest BCUT2D eigenvalue weighted by molar-refractivity contribution is 7.09. The van der Waals surface area contributed by atoms with E-state index < -0.39 is 5.54 Å². The molecule has 0 atom stereocenters. The molecule has 0 bridgehead atoms. The summed E-state index contributed by atoms with van der Waals surface area (Å²) >= 11 is 1.61. The summed E-state index contributed by atoms with van der Waals surface area (Å²) in [6.45, 7) is 0.950. The van der Waals surface area contributed by atoms with Crippen LogP contribution in [-0.4, -0.2) is 17.5 Å². The van der Waals surface area contributed by atoms with Gasteiger partial charge in [-0.3, -0.25) is 4.79 Å². The van der Waals surface area contributed by atoms with E-state index in [1.807, 2.05) is 47.8 Å². The molecule has 1 aliphatic carbocycles. The van der Waals surface area contributed by atoms with Crippen LogP contribution in [0.5, 0.6) is 0 Å². The molecule has 25 heavy (non-hydrogen) atoms. The molecule has 3 N–H and O–H groups in total. The highest BCUT2D eigenvalue weighted by Crippen LogP contribution is 2.30. The van der Waals surface area contributed by atoms with Gasteiger partial charge in [-0.25, -0.2) is 4.79 Å². The first-order valence-electron chi connectivity index (χ1n) is 8.59. The summed E-state index contributed by atoms with van der Waals surface area (Å²) in [5, 5.41) is 10.7. The number of hydrogen-bond acceptors (Lipinski definition) is 3. The van der Waals surface area contributed by atoms with Gasteiger partial charge in [0.15, 0.2) is 0 Å². The standard InChI is InChI=1S/C19H23N3O2S/c23-17(20-14-16-9-6-12-25-16)19(10-4-5-11-19)22-18(24)21-13-15-7-2-1-3-8-15/h1-3,6-9,12H,4-5,10-11,13-14H2,(H,20,23)(H2,21,22,24). The van der Waals surface area contributed by atoms with Gasteiger partial charge < -0.3 is 16.0 Å². The van der Waals surface area contributed by atoms with Crippen molar-refractivity contribution in [2.75, 3.05) is 0 Å². The van der Waals surface area contributed by atoms with Crippen molar-refractivity contribution < 1.29 is 9.59 Å².